The minimum atomic E-state index is -0.529. The van der Waals surface area contributed by atoms with Crippen LogP contribution in [0.25, 0.3) is 11.3 Å². The average Bonchev–Trinajstić information content (AvgIpc) is 3.20. The Kier molecular flexibility index (Phi) is 5.21. The second kappa shape index (κ2) is 7.94. The van der Waals surface area contributed by atoms with Gasteiger partial charge in [-0.3, -0.25) is 14.5 Å². The van der Waals surface area contributed by atoms with E-state index in [0.29, 0.717) is 32.6 Å². The molecule has 4 rings (SSSR count). The van der Waals surface area contributed by atoms with Crippen molar-refractivity contribution < 1.29 is 9.53 Å². The molecule has 1 aliphatic heterocycles. The molecule has 0 bridgehead atoms. The van der Waals surface area contributed by atoms with Crippen molar-refractivity contribution in [3.63, 3.8) is 0 Å². The third-order valence-corrected chi connectivity index (χ3v) is 5.39. The Morgan fingerprint density at radius 1 is 1.21 bits per heavy atom. The quantitative estimate of drug-likeness (QED) is 0.743. The molecule has 1 fully saturated rings. The van der Waals surface area contributed by atoms with E-state index in [0.717, 1.165) is 22.4 Å². The van der Waals surface area contributed by atoms with Crippen LogP contribution in [0.1, 0.15) is 24.0 Å². The van der Waals surface area contributed by atoms with Gasteiger partial charge in [-0.1, -0.05) is 30.3 Å². The standard InChI is InChI=1S/C22H24N4O2/c1-26-16-18(15-25-26)20-13-17(7-10-23-20)14-24-21(27)22(8-11-28-12-9-22)19-5-3-2-4-6-19/h2-7,10,13,15-16H,8-9,11-12,14H2,1H3,(H,24,27). The average molecular weight is 376 g/mol. The van der Waals surface area contributed by atoms with Gasteiger partial charge in [-0.15, -0.1) is 0 Å². The molecule has 1 N–H and O–H groups in total. The molecule has 144 valence electrons. The van der Waals surface area contributed by atoms with Crippen LogP contribution in [0, 0.1) is 0 Å². The first kappa shape index (κ1) is 18.4. The number of benzene rings is 1. The molecule has 6 nitrogen and oxygen atoms in total. The van der Waals surface area contributed by atoms with Crippen molar-refractivity contribution in [1.82, 2.24) is 20.1 Å². The summed E-state index contributed by atoms with van der Waals surface area (Å²) in [4.78, 5) is 17.7. The SMILES string of the molecule is Cn1cc(-c2cc(CNC(=O)C3(c4ccccc4)CCOCC3)ccn2)cn1. The molecule has 1 saturated heterocycles. The third-order valence-electron chi connectivity index (χ3n) is 5.39. The largest absolute Gasteiger partial charge is 0.381 e. The highest BCUT2D eigenvalue weighted by Crippen LogP contribution is 2.35. The topological polar surface area (TPSA) is 69.0 Å². The molecule has 0 spiro atoms. The Balaban J connectivity index is 1.51. The van der Waals surface area contributed by atoms with Crippen molar-refractivity contribution >= 4 is 5.91 Å². The molecule has 28 heavy (non-hydrogen) atoms. The number of aryl methyl sites for hydroxylation is 1. The van der Waals surface area contributed by atoms with Gasteiger partial charge in [0, 0.05) is 44.8 Å². The van der Waals surface area contributed by atoms with E-state index in [4.69, 9.17) is 4.74 Å². The number of nitrogens with one attached hydrogen (secondary N) is 1. The number of hydrogen-bond acceptors (Lipinski definition) is 4. The highest BCUT2D eigenvalue weighted by molar-refractivity contribution is 5.88. The number of ether oxygens (including phenoxy) is 1. The van der Waals surface area contributed by atoms with Gasteiger partial charge in [0.2, 0.25) is 5.91 Å². The number of carbonyl (C=O) groups excluding carboxylic acids is 1. The number of nitrogens with zero attached hydrogens (tertiary/aromatic N) is 3. The van der Waals surface area contributed by atoms with Crippen LogP contribution >= 0.6 is 0 Å². The van der Waals surface area contributed by atoms with E-state index < -0.39 is 5.41 Å². The van der Waals surface area contributed by atoms with Gasteiger partial charge in [-0.2, -0.15) is 5.10 Å². The van der Waals surface area contributed by atoms with E-state index in [1.807, 2.05) is 55.7 Å². The maximum absolute atomic E-state index is 13.3. The van der Waals surface area contributed by atoms with Gasteiger partial charge >= 0.3 is 0 Å². The molecule has 6 heteroatoms. The van der Waals surface area contributed by atoms with Crippen molar-refractivity contribution in [2.75, 3.05) is 13.2 Å². The Hall–Kier alpha value is -2.99. The highest BCUT2D eigenvalue weighted by Gasteiger charge is 2.41. The van der Waals surface area contributed by atoms with E-state index in [1.165, 1.54) is 0 Å². The molecule has 0 unspecified atom stereocenters. The second-order valence-corrected chi connectivity index (χ2v) is 7.20. The van der Waals surface area contributed by atoms with Gasteiger partial charge in [0.25, 0.3) is 0 Å². The number of aromatic nitrogens is 3. The van der Waals surface area contributed by atoms with Crippen LogP contribution in [0.2, 0.25) is 0 Å². The molecule has 0 atom stereocenters. The van der Waals surface area contributed by atoms with E-state index in [1.54, 1.807) is 17.1 Å². The van der Waals surface area contributed by atoms with Crippen LogP contribution in [0.3, 0.4) is 0 Å². The molecule has 1 aromatic carbocycles. The zero-order valence-corrected chi connectivity index (χ0v) is 16.0. The maximum Gasteiger partial charge on any atom is 0.231 e. The van der Waals surface area contributed by atoms with Gasteiger partial charge in [-0.05, 0) is 36.1 Å². The summed E-state index contributed by atoms with van der Waals surface area (Å²) in [6, 6.07) is 14.0. The number of rotatable bonds is 5. The number of hydrogen-bond donors (Lipinski definition) is 1. The van der Waals surface area contributed by atoms with E-state index in [2.05, 4.69) is 15.4 Å². The predicted molar refractivity (Wildman–Crippen MR) is 106 cm³/mol. The first-order valence-electron chi connectivity index (χ1n) is 9.53. The van der Waals surface area contributed by atoms with Gasteiger partial charge in [0.1, 0.15) is 0 Å². The number of amides is 1. The third kappa shape index (κ3) is 3.68. The predicted octanol–water partition coefficient (Wildman–Crippen LogP) is 2.85. The summed E-state index contributed by atoms with van der Waals surface area (Å²) in [5.41, 5.74) is 3.35. The van der Waals surface area contributed by atoms with Crippen LogP contribution in [0.4, 0.5) is 0 Å². The molecular weight excluding hydrogens is 352 g/mol. The zero-order valence-electron chi connectivity index (χ0n) is 16.0. The van der Waals surface area contributed by atoms with Crippen molar-refractivity contribution in [1.29, 1.82) is 0 Å². The molecule has 0 radical (unpaired) electrons. The van der Waals surface area contributed by atoms with Crippen molar-refractivity contribution in [3.8, 4) is 11.3 Å². The monoisotopic (exact) mass is 376 g/mol. The highest BCUT2D eigenvalue weighted by atomic mass is 16.5. The Morgan fingerprint density at radius 3 is 2.71 bits per heavy atom. The Morgan fingerprint density at radius 2 is 2.00 bits per heavy atom. The Bertz CT molecular complexity index is 946. The summed E-state index contributed by atoms with van der Waals surface area (Å²) < 4.78 is 7.28. The number of carbonyl (C=O) groups is 1. The molecule has 2 aromatic heterocycles. The summed E-state index contributed by atoms with van der Waals surface area (Å²) in [6.07, 6.45) is 6.87. The first-order valence-corrected chi connectivity index (χ1v) is 9.53. The van der Waals surface area contributed by atoms with Crippen LogP contribution in [-0.4, -0.2) is 33.9 Å². The fourth-order valence-corrected chi connectivity index (χ4v) is 3.77. The van der Waals surface area contributed by atoms with Gasteiger partial charge in [0.05, 0.1) is 17.3 Å². The molecular formula is C22H24N4O2. The smallest absolute Gasteiger partial charge is 0.231 e. The summed E-state index contributed by atoms with van der Waals surface area (Å²) in [7, 11) is 1.88. The van der Waals surface area contributed by atoms with E-state index in [9.17, 15) is 4.79 Å². The molecule has 0 saturated carbocycles. The molecule has 0 aliphatic carbocycles. The molecule has 3 heterocycles. The summed E-state index contributed by atoms with van der Waals surface area (Å²) >= 11 is 0. The minimum absolute atomic E-state index is 0.0572. The van der Waals surface area contributed by atoms with Crippen LogP contribution < -0.4 is 5.32 Å². The Labute approximate surface area is 164 Å². The maximum atomic E-state index is 13.3. The zero-order chi connectivity index (χ0) is 19.4. The minimum Gasteiger partial charge on any atom is -0.381 e. The number of pyridine rings is 1. The van der Waals surface area contributed by atoms with E-state index >= 15 is 0 Å². The van der Waals surface area contributed by atoms with Crippen LogP contribution in [-0.2, 0) is 28.5 Å². The molecule has 1 aliphatic rings. The van der Waals surface area contributed by atoms with Gasteiger partial charge < -0.3 is 10.1 Å². The summed E-state index contributed by atoms with van der Waals surface area (Å²) in [5.74, 6) is 0.0572. The van der Waals surface area contributed by atoms with Crippen molar-refractivity contribution in [3.05, 3.63) is 72.2 Å². The summed E-state index contributed by atoms with van der Waals surface area (Å²) in [6.45, 7) is 1.66. The van der Waals surface area contributed by atoms with Crippen molar-refractivity contribution in [2.24, 2.45) is 7.05 Å². The van der Waals surface area contributed by atoms with Gasteiger partial charge in [0.15, 0.2) is 0 Å². The summed E-state index contributed by atoms with van der Waals surface area (Å²) in [5, 5.41) is 7.34. The van der Waals surface area contributed by atoms with Crippen LogP contribution in [0.5, 0.6) is 0 Å². The fraction of sp³-hybridized carbons (Fsp3) is 0.318. The van der Waals surface area contributed by atoms with Crippen molar-refractivity contribution in [2.45, 2.75) is 24.8 Å². The lowest BCUT2D eigenvalue weighted by molar-refractivity contribution is -0.130. The van der Waals surface area contributed by atoms with Crippen LogP contribution in [0.15, 0.2) is 61.1 Å². The molecule has 1 amide bonds. The van der Waals surface area contributed by atoms with Gasteiger partial charge in [-0.25, -0.2) is 0 Å². The van der Waals surface area contributed by atoms with E-state index in [-0.39, 0.29) is 5.91 Å². The lowest BCUT2D eigenvalue weighted by Gasteiger charge is -2.36. The second-order valence-electron chi connectivity index (χ2n) is 7.20. The fourth-order valence-electron chi connectivity index (χ4n) is 3.77. The molecule has 3 aromatic rings. The lowest BCUT2D eigenvalue weighted by Crippen LogP contribution is -2.47. The normalized spacial score (nSPS) is 15.9. The first-order chi connectivity index (χ1) is 13.7. The lowest BCUT2D eigenvalue weighted by atomic mass is 9.73.